The van der Waals surface area contributed by atoms with Gasteiger partial charge in [0.1, 0.15) is 5.03 Å². The number of amides is 1. The fourth-order valence-corrected chi connectivity index (χ4v) is 3.48. The largest absolute Gasteiger partial charge is 0.342 e. The van der Waals surface area contributed by atoms with E-state index in [2.05, 4.69) is 36.2 Å². The summed E-state index contributed by atoms with van der Waals surface area (Å²) in [5.41, 5.74) is 3.14. The Morgan fingerprint density at radius 1 is 1.12 bits per heavy atom. The number of carbonyl (C=O) groups excluding carboxylic acids is 1. The van der Waals surface area contributed by atoms with Crippen molar-refractivity contribution in [1.29, 1.82) is 0 Å². The molecule has 0 bridgehead atoms. The highest BCUT2D eigenvalue weighted by atomic mass is 32.2. The molecule has 1 aliphatic heterocycles. The molecule has 126 valence electrons. The minimum atomic E-state index is 0.205. The minimum Gasteiger partial charge on any atom is -0.342 e. The van der Waals surface area contributed by atoms with Gasteiger partial charge < -0.3 is 4.90 Å². The van der Waals surface area contributed by atoms with E-state index in [0.29, 0.717) is 5.75 Å². The minimum absolute atomic E-state index is 0.205. The van der Waals surface area contributed by atoms with Crippen molar-refractivity contribution in [3.05, 3.63) is 42.0 Å². The van der Waals surface area contributed by atoms with Crippen LogP contribution in [0, 0.1) is 12.8 Å². The molecule has 4 nitrogen and oxygen atoms in total. The van der Waals surface area contributed by atoms with Crippen LogP contribution in [0.1, 0.15) is 25.3 Å². The van der Waals surface area contributed by atoms with Gasteiger partial charge in [0.2, 0.25) is 5.91 Å². The fraction of sp³-hybridized carbons (Fsp3) is 0.421. The Bertz CT molecular complexity index is 677. The number of piperidine rings is 1. The van der Waals surface area contributed by atoms with Gasteiger partial charge in [-0.3, -0.25) is 4.79 Å². The second-order valence-electron chi connectivity index (χ2n) is 6.47. The van der Waals surface area contributed by atoms with Gasteiger partial charge in [0.05, 0.1) is 11.4 Å². The SMILES string of the molecule is Cc1ccc(-c2ccc(SCC(=O)N3CCC(C)CC3)nn2)cc1. The lowest BCUT2D eigenvalue weighted by Gasteiger charge is -2.30. The van der Waals surface area contributed by atoms with E-state index in [1.54, 1.807) is 0 Å². The average molecular weight is 341 g/mol. The van der Waals surface area contributed by atoms with Crippen LogP contribution in [0.3, 0.4) is 0 Å². The Kier molecular flexibility index (Phi) is 5.51. The Hall–Kier alpha value is -1.88. The standard InChI is InChI=1S/C19H23N3OS/c1-14-3-5-16(6-4-14)17-7-8-18(21-20-17)24-13-19(23)22-11-9-15(2)10-12-22/h3-8,15H,9-13H2,1-2H3. The van der Waals surface area contributed by atoms with E-state index in [-0.39, 0.29) is 5.91 Å². The molecule has 0 unspecified atom stereocenters. The van der Waals surface area contributed by atoms with Crippen LogP contribution in [-0.4, -0.2) is 39.8 Å². The van der Waals surface area contributed by atoms with Gasteiger partial charge in [-0.05, 0) is 37.8 Å². The molecule has 1 aromatic carbocycles. The van der Waals surface area contributed by atoms with Crippen molar-refractivity contribution in [3.8, 4) is 11.3 Å². The molecule has 1 fully saturated rings. The number of rotatable bonds is 4. The summed E-state index contributed by atoms with van der Waals surface area (Å²) >= 11 is 1.46. The number of hydrogen-bond acceptors (Lipinski definition) is 4. The van der Waals surface area contributed by atoms with Crippen molar-refractivity contribution in [1.82, 2.24) is 15.1 Å². The number of aromatic nitrogens is 2. The molecule has 3 rings (SSSR count). The number of aryl methyl sites for hydroxylation is 1. The summed E-state index contributed by atoms with van der Waals surface area (Å²) in [5.74, 6) is 1.38. The van der Waals surface area contributed by atoms with E-state index in [4.69, 9.17) is 0 Å². The second-order valence-corrected chi connectivity index (χ2v) is 7.47. The van der Waals surface area contributed by atoms with Gasteiger partial charge >= 0.3 is 0 Å². The summed E-state index contributed by atoms with van der Waals surface area (Å²) in [5, 5.41) is 9.33. The second kappa shape index (κ2) is 7.79. The van der Waals surface area contributed by atoms with E-state index in [1.807, 2.05) is 29.2 Å². The van der Waals surface area contributed by atoms with Gasteiger partial charge in [-0.1, -0.05) is 48.5 Å². The number of carbonyl (C=O) groups is 1. The maximum atomic E-state index is 12.3. The Balaban J connectivity index is 1.54. The first-order chi connectivity index (χ1) is 11.6. The van der Waals surface area contributed by atoms with Crippen LogP contribution in [0.4, 0.5) is 0 Å². The highest BCUT2D eigenvalue weighted by Gasteiger charge is 2.20. The van der Waals surface area contributed by atoms with Gasteiger partial charge in [0.15, 0.2) is 0 Å². The zero-order valence-corrected chi connectivity index (χ0v) is 15.1. The molecule has 1 aliphatic rings. The molecular formula is C19H23N3OS. The molecule has 2 heterocycles. The molecule has 0 saturated carbocycles. The van der Waals surface area contributed by atoms with E-state index < -0.39 is 0 Å². The summed E-state index contributed by atoms with van der Waals surface area (Å²) in [6.45, 7) is 6.09. The summed E-state index contributed by atoms with van der Waals surface area (Å²) < 4.78 is 0. The Morgan fingerprint density at radius 2 is 1.83 bits per heavy atom. The van der Waals surface area contributed by atoms with Crippen LogP contribution >= 0.6 is 11.8 Å². The summed E-state index contributed by atoms with van der Waals surface area (Å²) in [7, 11) is 0. The molecule has 0 atom stereocenters. The number of benzene rings is 1. The molecule has 0 radical (unpaired) electrons. The first kappa shape index (κ1) is 17.0. The Labute approximate surface area is 147 Å². The lowest BCUT2D eigenvalue weighted by Crippen LogP contribution is -2.38. The smallest absolute Gasteiger partial charge is 0.232 e. The summed E-state index contributed by atoms with van der Waals surface area (Å²) in [4.78, 5) is 14.2. The quantitative estimate of drug-likeness (QED) is 0.794. The van der Waals surface area contributed by atoms with Crippen molar-refractivity contribution >= 4 is 17.7 Å². The van der Waals surface area contributed by atoms with Crippen LogP contribution in [0.25, 0.3) is 11.3 Å². The van der Waals surface area contributed by atoms with Crippen LogP contribution in [0.5, 0.6) is 0 Å². The number of thioether (sulfide) groups is 1. The van der Waals surface area contributed by atoms with Crippen molar-refractivity contribution < 1.29 is 4.79 Å². The van der Waals surface area contributed by atoms with E-state index >= 15 is 0 Å². The molecule has 5 heteroatoms. The fourth-order valence-electron chi connectivity index (χ4n) is 2.76. The van der Waals surface area contributed by atoms with E-state index in [9.17, 15) is 4.79 Å². The normalized spacial score (nSPS) is 15.5. The Morgan fingerprint density at radius 3 is 2.46 bits per heavy atom. The average Bonchev–Trinajstić information content (AvgIpc) is 2.61. The monoisotopic (exact) mass is 341 g/mol. The topological polar surface area (TPSA) is 46.1 Å². The van der Waals surface area contributed by atoms with Crippen LogP contribution < -0.4 is 0 Å². The van der Waals surface area contributed by atoms with Crippen molar-refractivity contribution in [2.45, 2.75) is 31.7 Å². The van der Waals surface area contributed by atoms with E-state index in [0.717, 1.165) is 48.1 Å². The van der Waals surface area contributed by atoms with Crippen LogP contribution in [0.2, 0.25) is 0 Å². The van der Waals surface area contributed by atoms with Gasteiger partial charge in [-0.15, -0.1) is 10.2 Å². The number of nitrogens with zero attached hydrogens (tertiary/aromatic N) is 3. The van der Waals surface area contributed by atoms with Gasteiger partial charge in [-0.25, -0.2) is 0 Å². The molecular weight excluding hydrogens is 318 g/mol. The third kappa shape index (κ3) is 4.35. The summed E-state index contributed by atoms with van der Waals surface area (Å²) in [6, 6.07) is 12.1. The number of hydrogen-bond donors (Lipinski definition) is 0. The predicted molar refractivity (Wildman–Crippen MR) is 97.9 cm³/mol. The zero-order valence-electron chi connectivity index (χ0n) is 14.2. The molecule has 24 heavy (non-hydrogen) atoms. The van der Waals surface area contributed by atoms with Gasteiger partial charge in [0, 0.05) is 18.7 Å². The van der Waals surface area contributed by atoms with Crippen molar-refractivity contribution in [3.63, 3.8) is 0 Å². The van der Waals surface area contributed by atoms with Crippen molar-refractivity contribution in [2.24, 2.45) is 5.92 Å². The van der Waals surface area contributed by atoms with Crippen LogP contribution in [-0.2, 0) is 4.79 Å². The maximum absolute atomic E-state index is 12.3. The number of likely N-dealkylation sites (tertiary alicyclic amines) is 1. The predicted octanol–water partition coefficient (Wildman–Crippen LogP) is 3.80. The lowest BCUT2D eigenvalue weighted by molar-refractivity contribution is -0.129. The molecule has 2 aromatic rings. The molecule has 0 spiro atoms. The van der Waals surface area contributed by atoms with Crippen molar-refractivity contribution in [2.75, 3.05) is 18.8 Å². The highest BCUT2D eigenvalue weighted by molar-refractivity contribution is 7.99. The van der Waals surface area contributed by atoms with Crippen LogP contribution in [0.15, 0.2) is 41.4 Å². The third-order valence-electron chi connectivity index (χ3n) is 4.47. The molecule has 1 amide bonds. The van der Waals surface area contributed by atoms with Gasteiger partial charge in [-0.2, -0.15) is 0 Å². The van der Waals surface area contributed by atoms with Gasteiger partial charge in [0.25, 0.3) is 0 Å². The highest BCUT2D eigenvalue weighted by Crippen LogP contribution is 2.22. The first-order valence-electron chi connectivity index (χ1n) is 8.43. The lowest BCUT2D eigenvalue weighted by atomic mass is 9.99. The molecule has 1 aromatic heterocycles. The first-order valence-corrected chi connectivity index (χ1v) is 9.42. The maximum Gasteiger partial charge on any atom is 0.232 e. The zero-order chi connectivity index (χ0) is 16.9. The molecule has 1 saturated heterocycles. The third-order valence-corrected chi connectivity index (χ3v) is 5.37. The molecule has 0 N–H and O–H groups in total. The van der Waals surface area contributed by atoms with E-state index in [1.165, 1.54) is 17.3 Å². The molecule has 0 aliphatic carbocycles. The summed E-state index contributed by atoms with van der Waals surface area (Å²) in [6.07, 6.45) is 2.23.